The van der Waals surface area contributed by atoms with Crippen LogP contribution in [0.25, 0.3) is 0 Å². The predicted octanol–water partition coefficient (Wildman–Crippen LogP) is 1.12. The summed E-state index contributed by atoms with van der Waals surface area (Å²) in [7, 11) is 1.70. The molecule has 0 aromatic carbocycles. The molecule has 2 unspecified atom stereocenters. The number of hydrogen-bond donors (Lipinski definition) is 2. The van der Waals surface area contributed by atoms with Crippen molar-refractivity contribution in [2.75, 3.05) is 20.3 Å². The van der Waals surface area contributed by atoms with Crippen LogP contribution in [0.4, 0.5) is 0 Å². The Labute approximate surface area is 114 Å². The quantitative estimate of drug-likeness (QED) is 0.617. The molecule has 0 amide bonds. The number of hydrazine groups is 1. The van der Waals surface area contributed by atoms with Crippen LogP contribution in [-0.4, -0.2) is 31.3 Å². The van der Waals surface area contributed by atoms with Gasteiger partial charge in [-0.25, -0.2) is 0 Å². The van der Waals surface area contributed by atoms with Crippen LogP contribution in [0.2, 0.25) is 0 Å². The maximum absolute atomic E-state index is 5.69. The van der Waals surface area contributed by atoms with E-state index in [0.717, 1.165) is 48.6 Å². The van der Waals surface area contributed by atoms with Crippen molar-refractivity contribution < 1.29 is 9.47 Å². The fourth-order valence-electron chi connectivity index (χ4n) is 2.72. The highest BCUT2D eigenvalue weighted by Crippen LogP contribution is 2.26. The molecule has 0 saturated carbocycles. The Morgan fingerprint density at radius 1 is 1.58 bits per heavy atom. The van der Waals surface area contributed by atoms with E-state index in [1.807, 2.05) is 20.0 Å². The van der Waals surface area contributed by atoms with Crippen molar-refractivity contribution in [3.63, 3.8) is 0 Å². The number of hydrogen-bond acceptors (Lipinski definition) is 5. The molecule has 2 heterocycles. The normalized spacial score (nSPS) is 20.5. The highest BCUT2D eigenvalue weighted by atomic mass is 16.5. The molecular formula is C14H23N3O2. The zero-order valence-electron chi connectivity index (χ0n) is 11.9. The molecule has 0 bridgehead atoms. The number of pyridine rings is 1. The summed E-state index contributed by atoms with van der Waals surface area (Å²) in [5.74, 6) is 7.06. The lowest BCUT2D eigenvalue weighted by atomic mass is 9.93. The van der Waals surface area contributed by atoms with Crippen LogP contribution in [0, 0.1) is 19.8 Å². The topological polar surface area (TPSA) is 69.4 Å². The fourth-order valence-corrected chi connectivity index (χ4v) is 2.72. The van der Waals surface area contributed by atoms with Gasteiger partial charge in [0.25, 0.3) is 0 Å². The van der Waals surface area contributed by atoms with E-state index in [1.54, 1.807) is 7.11 Å². The van der Waals surface area contributed by atoms with E-state index in [1.165, 1.54) is 0 Å². The molecule has 3 N–H and O–H groups in total. The number of ether oxygens (including phenoxy) is 2. The smallest absolute Gasteiger partial charge is 0.128 e. The van der Waals surface area contributed by atoms with Gasteiger partial charge in [0.2, 0.25) is 0 Å². The molecule has 0 radical (unpaired) electrons. The lowest BCUT2D eigenvalue weighted by Crippen LogP contribution is -2.43. The molecule has 2 rings (SSSR count). The van der Waals surface area contributed by atoms with E-state index in [4.69, 9.17) is 15.3 Å². The molecule has 1 aromatic rings. The first-order valence-corrected chi connectivity index (χ1v) is 6.70. The summed E-state index contributed by atoms with van der Waals surface area (Å²) >= 11 is 0. The second-order valence-corrected chi connectivity index (χ2v) is 5.15. The molecule has 106 valence electrons. The Bertz CT molecular complexity index is 431. The number of nitrogens with one attached hydrogen (secondary N) is 1. The Morgan fingerprint density at radius 3 is 2.95 bits per heavy atom. The van der Waals surface area contributed by atoms with Crippen molar-refractivity contribution in [2.24, 2.45) is 11.8 Å². The zero-order chi connectivity index (χ0) is 13.8. The minimum Gasteiger partial charge on any atom is -0.496 e. The van der Waals surface area contributed by atoms with Crippen LogP contribution in [0.3, 0.4) is 0 Å². The summed E-state index contributed by atoms with van der Waals surface area (Å²) in [5, 5.41) is 0. The molecule has 1 saturated heterocycles. The van der Waals surface area contributed by atoms with Crippen molar-refractivity contribution in [1.82, 2.24) is 10.4 Å². The second kappa shape index (κ2) is 6.32. The van der Waals surface area contributed by atoms with Crippen molar-refractivity contribution in [3.05, 3.63) is 23.0 Å². The first kappa shape index (κ1) is 14.2. The summed E-state index contributed by atoms with van der Waals surface area (Å²) < 4.78 is 10.9. The molecule has 1 fully saturated rings. The number of nitrogens with zero attached hydrogens (tertiary/aromatic N) is 1. The van der Waals surface area contributed by atoms with E-state index in [-0.39, 0.29) is 6.04 Å². The molecule has 1 aromatic heterocycles. The highest BCUT2D eigenvalue weighted by Gasteiger charge is 2.26. The Morgan fingerprint density at radius 2 is 2.37 bits per heavy atom. The summed E-state index contributed by atoms with van der Waals surface area (Å²) in [4.78, 5) is 4.53. The van der Waals surface area contributed by atoms with Crippen LogP contribution in [0.15, 0.2) is 6.20 Å². The standard InChI is InChI=1S/C14H23N3O2/c1-9-7-16-12(10(2)14(9)18-3)6-13(17-15)11-4-5-19-8-11/h7,11,13,17H,4-6,8,15H2,1-3H3. The molecule has 1 aliphatic heterocycles. The predicted molar refractivity (Wildman–Crippen MR) is 74.0 cm³/mol. The molecular weight excluding hydrogens is 242 g/mol. The van der Waals surface area contributed by atoms with E-state index >= 15 is 0 Å². The first-order valence-electron chi connectivity index (χ1n) is 6.70. The Balaban J connectivity index is 2.17. The first-order chi connectivity index (χ1) is 9.17. The molecule has 19 heavy (non-hydrogen) atoms. The lowest BCUT2D eigenvalue weighted by Gasteiger charge is -2.22. The van der Waals surface area contributed by atoms with Crippen molar-refractivity contribution >= 4 is 0 Å². The third kappa shape index (κ3) is 3.05. The van der Waals surface area contributed by atoms with Gasteiger partial charge in [-0.15, -0.1) is 0 Å². The van der Waals surface area contributed by atoms with Crippen molar-refractivity contribution in [1.29, 1.82) is 0 Å². The van der Waals surface area contributed by atoms with E-state index < -0.39 is 0 Å². The lowest BCUT2D eigenvalue weighted by molar-refractivity contribution is 0.176. The van der Waals surface area contributed by atoms with E-state index in [2.05, 4.69) is 10.4 Å². The average molecular weight is 265 g/mol. The zero-order valence-corrected chi connectivity index (χ0v) is 11.9. The Kier molecular flexibility index (Phi) is 4.74. The molecule has 5 heteroatoms. The van der Waals surface area contributed by atoms with Crippen molar-refractivity contribution in [3.8, 4) is 5.75 Å². The average Bonchev–Trinajstić information content (AvgIpc) is 2.92. The summed E-state index contributed by atoms with van der Waals surface area (Å²) in [6.07, 6.45) is 3.71. The van der Waals surface area contributed by atoms with Crippen LogP contribution < -0.4 is 16.0 Å². The van der Waals surface area contributed by atoms with Gasteiger partial charge in [0.1, 0.15) is 5.75 Å². The third-order valence-electron chi connectivity index (χ3n) is 3.91. The van der Waals surface area contributed by atoms with Crippen LogP contribution in [0.5, 0.6) is 5.75 Å². The number of aromatic nitrogens is 1. The molecule has 0 aliphatic carbocycles. The highest BCUT2D eigenvalue weighted by molar-refractivity contribution is 5.41. The molecule has 5 nitrogen and oxygen atoms in total. The Hall–Kier alpha value is -1.17. The number of methoxy groups -OCH3 is 1. The van der Waals surface area contributed by atoms with Gasteiger partial charge in [0, 0.05) is 48.0 Å². The van der Waals surface area contributed by atoms with Gasteiger partial charge >= 0.3 is 0 Å². The third-order valence-corrected chi connectivity index (χ3v) is 3.91. The van der Waals surface area contributed by atoms with Crippen molar-refractivity contribution in [2.45, 2.75) is 32.7 Å². The minimum atomic E-state index is 0.195. The number of aryl methyl sites for hydroxylation is 1. The number of rotatable bonds is 5. The van der Waals surface area contributed by atoms with Gasteiger partial charge in [-0.1, -0.05) is 0 Å². The van der Waals surface area contributed by atoms with Gasteiger partial charge in [-0.3, -0.25) is 16.3 Å². The molecule has 1 aliphatic rings. The molecule has 2 atom stereocenters. The van der Waals surface area contributed by atoms with Gasteiger partial charge < -0.3 is 9.47 Å². The number of nitrogens with two attached hydrogens (primary N) is 1. The van der Waals surface area contributed by atoms with E-state index in [9.17, 15) is 0 Å². The van der Waals surface area contributed by atoms with Gasteiger partial charge in [0.15, 0.2) is 0 Å². The van der Waals surface area contributed by atoms with Crippen LogP contribution >= 0.6 is 0 Å². The summed E-state index contributed by atoms with van der Waals surface area (Å²) in [5.41, 5.74) is 6.11. The SMILES string of the molecule is COc1c(C)cnc(CC(NN)C2CCOC2)c1C. The second-order valence-electron chi connectivity index (χ2n) is 5.15. The van der Waals surface area contributed by atoms with Gasteiger partial charge in [-0.05, 0) is 20.3 Å². The maximum atomic E-state index is 5.69. The van der Waals surface area contributed by atoms with Gasteiger partial charge in [-0.2, -0.15) is 0 Å². The van der Waals surface area contributed by atoms with Crippen LogP contribution in [0.1, 0.15) is 23.2 Å². The van der Waals surface area contributed by atoms with Gasteiger partial charge in [0.05, 0.1) is 13.7 Å². The minimum absolute atomic E-state index is 0.195. The molecule has 0 spiro atoms. The fraction of sp³-hybridized carbons (Fsp3) is 0.643. The van der Waals surface area contributed by atoms with Crippen LogP contribution in [-0.2, 0) is 11.2 Å². The van der Waals surface area contributed by atoms with E-state index in [0.29, 0.717) is 5.92 Å². The largest absolute Gasteiger partial charge is 0.496 e. The summed E-state index contributed by atoms with van der Waals surface area (Å²) in [6, 6.07) is 0.195. The maximum Gasteiger partial charge on any atom is 0.128 e. The summed E-state index contributed by atoms with van der Waals surface area (Å²) in [6.45, 7) is 5.66. The monoisotopic (exact) mass is 265 g/mol.